The van der Waals surface area contributed by atoms with E-state index in [1.807, 2.05) is 7.05 Å². The highest BCUT2D eigenvalue weighted by Crippen LogP contribution is 2.11. The van der Waals surface area contributed by atoms with E-state index >= 15 is 0 Å². The van der Waals surface area contributed by atoms with Crippen LogP contribution >= 0.6 is 0 Å². The number of hydrogen-bond donors (Lipinski definition) is 0. The van der Waals surface area contributed by atoms with Gasteiger partial charge in [0.15, 0.2) is 0 Å². The van der Waals surface area contributed by atoms with Crippen LogP contribution in [0, 0.1) is 5.92 Å². The minimum absolute atomic E-state index is 0.0500. The number of likely N-dealkylation sites (tertiary alicyclic amines) is 1. The highest BCUT2D eigenvalue weighted by atomic mass is 16.2. The Bertz CT molecular complexity index is 277. The predicted octanol–water partition coefficient (Wildman–Crippen LogP) is 1.50. The van der Waals surface area contributed by atoms with Gasteiger partial charge in [0.1, 0.15) is 0 Å². The van der Waals surface area contributed by atoms with E-state index in [-0.39, 0.29) is 18.4 Å². The molecular formula is C13H24N2O2. The number of carbonyl (C=O) groups excluding carboxylic acids is 2. The third kappa shape index (κ3) is 4.75. The third-order valence-electron chi connectivity index (χ3n) is 3.06. The van der Waals surface area contributed by atoms with Crippen molar-refractivity contribution in [1.29, 1.82) is 0 Å². The summed E-state index contributed by atoms with van der Waals surface area (Å²) in [6, 6.07) is 0. The fraction of sp³-hybridized carbons (Fsp3) is 0.846. The lowest BCUT2D eigenvalue weighted by Crippen LogP contribution is -2.42. The molecule has 0 aromatic heterocycles. The second kappa shape index (κ2) is 6.62. The first-order valence-corrected chi connectivity index (χ1v) is 6.52. The molecule has 0 aromatic rings. The molecule has 17 heavy (non-hydrogen) atoms. The smallest absolute Gasteiger partial charge is 0.241 e. The van der Waals surface area contributed by atoms with Crippen molar-refractivity contribution in [1.82, 2.24) is 9.80 Å². The first-order chi connectivity index (χ1) is 8.00. The molecule has 1 fully saturated rings. The average molecular weight is 240 g/mol. The Balaban J connectivity index is 2.45. The van der Waals surface area contributed by atoms with Crippen LogP contribution in [0.1, 0.15) is 39.5 Å². The fourth-order valence-electron chi connectivity index (χ4n) is 2.14. The zero-order valence-electron chi connectivity index (χ0n) is 11.2. The largest absolute Gasteiger partial charge is 0.344 e. The molecule has 0 unspecified atom stereocenters. The molecule has 0 saturated carbocycles. The molecular weight excluding hydrogens is 216 g/mol. The average Bonchev–Trinajstić information content (AvgIpc) is 2.43. The van der Waals surface area contributed by atoms with Crippen LogP contribution in [-0.2, 0) is 9.59 Å². The van der Waals surface area contributed by atoms with Gasteiger partial charge >= 0.3 is 0 Å². The monoisotopic (exact) mass is 240 g/mol. The maximum atomic E-state index is 11.9. The second-order valence-electron chi connectivity index (χ2n) is 5.29. The molecule has 0 N–H and O–H groups in total. The lowest BCUT2D eigenvalue weighted by molar-refractivity contribution is -0.139. The molecule has 1 rings (SSSR count). The minimum atomic E-state index is 0.0500. The Morgan fingerprint density at radius 3 is 2.71 bits per heavy atom. The van der Waals surface area contributed by atoms with Gasteiger partial charge in [-0.1, -0.05) is 20.3 Å². The number of amides is 2. The summed E-state index contributed by atoms with van der Waals surface area (Å²) >= 11 is 0. The Kier molecular flexibility index (Phi) is 5.45. The van der Waals surface area contributed by atoms with E-state index in [1.165, 1.54) is 0 Å². The van der Waals surface area contributed by atoms with E-state index in [1.54, 1.807) is 9.80 Å². The fourth-order valence-corrected chi connectivity index (χ4v) is 2.14. The summed E-state index contributed by atoms with van der Waals surface area (Å²) < 4.78 is 0. The number of nitrogens with zero attached hydrogens (tertiary/aromatic N) is 2. The van der Waals surface area contributed by atoms with E-state index in [4.69, 9.17) is 0 Å². The van der Waals surface area contributed by atoms with Crippen molar-refractivity contribution in [2.24, 2.45) is 5.92 Å². The van der Waals surface area contributed by atoms with Crippen LogP contribution in [0.3, 0.4) is 0 Å². The molecule has 1 aliphatic rings. The van der Waals surface area contributed by atoms with Gasteiger partial charge in [-0.2, -0.15) is 0 Å². The Hall–Kier alpha value is -1.06. The first kappa shape index (κ1) is 14.0. The summed E-state index contributed by atoms with van der Waals surface area (Å²) in [5.74, 6) is 0.645. The molecule has 98 valence electrons. The van der Waals surface area contributed by atoms with Crippen LogP contribution in [0.5, 0.6) is 0 Å². The van der Waals surface area contributed by atoms with Crippen molar-refractivity contribution in [3.8, 4) is 0 Å². The van der Waals surface area contributed by atoms with Gasteiger partial charge in [-0.05, 0) is 18.8 Å². The van der Waals surface area contributed by atoms with Gasteiger partial charge in [0.05, 0.1) is 6.54 Å². The maximum absolute atomic E-state index is 11.9. The molecule has 2 amide bonds. The van der Waals surface area contributed by atoms with Crippen molar-refractivity contribution < 1.29 is 9.59 Å². The van der Waals surface area contributed by atoms with Gasteiger partial charge in [0.2, 0.25) is 11.8 Å². The van der Waals surface area contributed by atoms with Crippen molar-refractivity contribution in [2.75, 3.05) is 26.7 Å². The van der Waals surface area contributed by atoms with E-state index in [2.05, 4.69) is 13.8 Å². The molecule has 1 aliphatic heterocycles. The molecule has 1 saturated heterocycles. The van der Waals surface area contributed by atoms with Gasteiger partial charge in [-0.15, -0.1) is 0 Å². The third-order valence-corrected chi connectivity index (χ3v) is 3.06. The highest BCUT2D eigenvalue weighted by molar-refractivity contribution is 5.84. The van der Waals surface area contributed by atoms with Gasteiger partial charge < -0.3 is 9.80 Å². The standard InChI is InChI=1S/C13H24N2O2/c1-11(2)9-14(3)13(17)10-15-8-6-4-5-7-12(15)16/h11H,4-10H2,1-3H3. The Labute approximate surface area is 104 Å². The predicted molar refractivity (Wildman–Crippen MR) is 67.5 cm³/mol. The molecule has 0 aromatic carbocycles. The van der Waals surface area contributed by atoms with Gasteiger partial charge in [0.25, 0.3) is 0 Å². The van der Waals surface area contributed by atoms with Crippen molar-refractivity contribution >= 4 is 11.8 Å². The van der Waals surface area contributed by atoms with E-state index < -0.39 is 0 Å². The number of carbonyl (C=O) groups is 2. The summed E-state index contributed by atoms with van der Waals surface area (Å²) in [4.78, 5) is 27.1. The summed E-state index contributed by atoms with van der Waals surface area (Å²) in [6.45, 7) is 5.91. The van der Waals surface area contributed by atoms with Crippen LogP contribution in [0.25, 0.3) is 0 Å². The number of rotatable bonds is 4. The minimum Gasteiger partial charge on any atom is -0.344 e. The lowest BCUT2D eigenvalue weighted by atomic mass is 10.2. The molecule has 4 nitrogen and oxygen atoms in total. The van der Waals surface area contributed by atoms with Crippen molar-refractivity contribution in [3.05, 3.63) is 0 Å². The SMILES string of the molecule is CC(C)CN(C)C(=O)CN1CCCCCC1=O. The van der Waals surface area contributed by atoms with Crippen LogP contribution in [0.15, 0.2) is 0 Å². The Morgan fingerprint density at radius 2 is 2.06 bits per heavy atom. The van der Waals surface area contributed by atoms with Crippen molar-refractivity contribution in [3.63, 3.8) is 0 Å². The molecule has 0 atom stereocenters. The molecule has 0 bridgehead atoms. The number of likely N-dealkylation sites (N-methyl/N-ethyl adjacent to an activating group) is 1. The summed E-state index contributed by atoms with van der Waals surface area (Å²) in [7, 11) is 1.81. The van der Waals surface area contributed by atoms with Crippen LogP contribution < -0.4 is 0 Å². The van der Waals surface area contributed by atoms with Crippen LogP contribution in [0.2, 0.25) is 0 Å². The summed E-state index contributed by atoms with van der Waals surface area (Å²) in [5, 5.41) is 0. The molecule has 0 spiro atoms. The zero-order chi connectivity index (χ0) is 12.8. The highest BCUT2D eigenvalue weighted by Gasteiger charge is 2.21. The molecule has 0 aliphatic carbocycles. The van der Waals surface area contributed by atoms with E-state index in [9.17, 15) is 9.59 Å². The van der Waals surface area contributed by atoms with Crippen molar-refractivity contribution in [2.45, 2.75) is 39.5 Å². The topological polar surface area (TPSA) is 40.6 Å². The van der Waals surface area contributed by atoms with E-state index in [0.29, 0.717) is 12.3 Å². The van der Waals surface area contributed by atoms with Gasteiger partial charge in [-0.3, -0.25) is 9.59 Å². The first-order valence-electron chi connectivity index (χ1n) is 6.52. The normalized spacial score (nSPS) is 17.2. The maximum Gasteiger partial charge on any atom is 0.241 e. The molecule has 1 heterocycles. The summed E-state index contributed by atoms with van der Waals surface area (Å²) in [6.07, 6.45) is 3.68. The lowest BCUT2D eigenvalue weighted by Gasteiger charge is -2.25. The Morgan fingerprint density at radius 1 is 1.35 bits per heavy atom. The molecule has 0 radical (unpaired) electrons. The quantitative estimate of drug-likeness (QED) is 0.747. The number of hydrogen-bond acceptors (Lipinski definition) is 2. The zero-order valence-corrected chi connectivity index (χ0v) is 11.2. The van der Waals surface area contributed by atoms with Crippen LogP contribution in [0.4, 0.5) is 0 Å². The van der Waals surface area contributed by atoms with Gasteiger partial charge in [0, 0.05) is 26.6 Å². The summed E-state index contributed by atoms with van der Waals surface area (Å²) in [5.41, 5.74) is 0. The second-order valence-corrected chi connectivity index (χ2v) is 5.29. The van der Waals surface area contributed by atoms with Gasteiger partial charge in [-0.25, -0.2) is 0 Å². The van der Waals surface area contributed by atoms with E-state index in [0.717, 1.165) is 32.4 Å². The van der Waals surface area contributed by atoms with Crippen LogP contribution in [-0.4, -0.2) is 48.3 Å². The molecule has 4 heteroatoms.